The second-order valence-electron chi connectivity index (χ2n) is 5.36. The van der Waals surface area contributed by atoms with Crippen LogP contribution in [0.3, 0.4) is 0 Å². The topological polar surface area (TPSA) is 41.1 Å². The van der Waals surface area contributed by atoms with Crippen LogP contribution in [0.2, 0.25) is 0 Å². The van der Waals surface area contributed by atoms with Gasteiger partial charge in [0.2, 0.25) is 0 Å². The van der Waals surface area contributed by atoms with Crippen LogP contribution in [0.5, 0.6) is 0 Å². The fourth-order valence-electron chi connectivity index (χ4n) is 2.00. The highest BCUT2D eigenvalue weighted by molar-refractivity contribution is 5.99. The number of amides is 1. The van der Waals surface area contributed by atoms with Crippen LogP contribution in [-0.2, 0) is 0 Å². The third-order valence-corrected chi connectivity index (χ3v) is 2.98. The van der Waals surface area contributed by atoms with E-state index in [-0.39, 0.29) is 11.9 Å². The number of unbranched alkanes of at least 4 members (excludes halogenated alkanes) is 1. The summed E-state index contributed by atoms with van der Waals surface area (Å²) in [6.07, 6.45) is 3.33. The average molecular weight is 262 g/mol. The molecule has 1 unspecified atom stereocenters. The van der Waals surface area contributed by atoms with Crippen molar-refractivity contribution in [2.24, 2.45) is 0 Å². The molecule has 0 saturated carbocycles. The molecule has 0 saturated heterocycles. The SMILES string of the molecule is CCCCC(C)NC(=O)c1ccccc1NC(C)C. The number of anilines is 1. The number of benzene rings is 1. The van der Waals surface area contributed by atoms with Crippen LogP contribution in [-0.4, -0.2) is 18.0 Å². The van der Waals surface area contributed by atoms with Gasteiger partial charge in [-0.15, -0.1) is 0 Å². The van der Waals surface area contributed by atoms with Gasteiger partial charge in [-0.2, -0.15) is 0 Å². The molecular formula is C16H26N2O. The van der Waals surface area contributed by atoms with E-state index in [2.05, 4.69) is 38.3 Å². The van der Waals surface area contributed by atoms with Crippen molar-refractivity contribution < 1.29 is 4.79 Å². The number of rotatable bonds is 7. The first-order valence-electron chi connectivity index (χ1n) is 7.21. The van der Waals surface area contributed by atoms with Gasteiger partial charge in [0.1, 0.15) is 0 Å². The summed E-state index contributed by atoms with van der Waals surface area (Å²) in [4.78, 5) is 12.3. The van der Waals surface area contributed by atoms with E-state index in [0.29, 0.717) is 6.04 Å². The molecule has 0 bridgehead atoms. The van der Waals surface area contributed by atoms with Crippen LogP contribution in [0.4, 0.5) is 5.69 Å². The van der Waals surface area contributed by atoms with Crippen molar-refractivity contribution in [2.45, 2.75) is 59.0 Å². The summed E-state index contributed by atoms with van der Waals surface area (Å²) in [7, 11) is 0. The lowest BCUT2D eigenvalue weighted by Gasteiger charge is -2.17. The zero-order valence-electron chi connectivity index (χ0n) is 12.5. The Bertz CT molecular complexity index is 401. The Morgan fingerprint density at radius 2 is 1.89 bits per heavy atom. The van der Waals surface area contributed by atoms with Gasteiger partial charge in [0.15, 0.2) is 0 Å². The number of hydrogen-bond acceptors (Lipinski definition) is 2. The van der Waals surface area contributed by atoms with Gasteiger partial charge in [-0.25, -0.2) is 0 Å². The van der Waals surface area contributed by atoms with Crippen molar-refractivity contribution in [1.29, 1.82) is 0 Å². The van der Waals surface area contributed by atoms with Crippen molar-refractivity contribution in [1.82, 2.24) is 5.32 Å². The van der Waals surface area contributed by atoms with Gasteiger partial charge < -0.3 is 10.6 Å². The standard InChI is InChI=1S/C16H26N2O/c1-5-6-9-13(4)18-16(19)14-10-7-8-11-15(14)17-12(2)3/h7-8,10-13,17H,5-6,9H2,1-4H3,(H,18,19). The molecule has 2 N–H and O–H groups in total. The highest BCUT2D eigenvalue weighted by Crippen LogP contribution is 2.16. The van der Waals surface area contributed by atoms with Crippen LogP contribution in [0, 0.1) is 0 Å². The third kappa shape index (κ3) is 5.33. The Balaban J connectivity index is 2.70. The van der Waals surface area contributed by atoms with Crippen molar-refractivity contribution in [3.05, 3.63) is 29.8 Å². The lowest BCUT2D eigenvalue weighted by atomic mass is 10.1. The fraction of sp³-hybridized carbons (Fsp3) is 0.562. The van der Waals surface area contributed by atoms with Gasteiger partial charge in [-0.05, 0) is 39.3 Å². The quantitative estimate of drug-likeness (QED) is 0.784. The maximum absolute atomic E-state index is 12.3. The molecule has 0 heterocycles. The zero-order chi connectivity index (χ0) is 14.3. The Morgan fingerprint density at radius 3 is 2.53 bits per heavy atom. The van der Waals surface area contributed by atoms with Crippen LogP contribution in [0.1, 0.15) is 57.3 Å². The molecule has 3 heteroatoms. The van der Waals surface area contributed by atoms with Crippen LogP contribution in [0.25, 0.3) is 0 Å². The van der Waals surface area contributed by atoms with E-state index in [4.69, 9.17) is 0 Å². The molecule has 0 aliphatic heterocycles. The Morgan fingerprint density at radius 1 is 1.21 bits per heavy atom. The minimum Gasteiger partial charge on any atom is -0.382 e. The summed E-state index contributed by atoms with van der Waals surface area (Å²) in [6.45, 7) is 8.36. The van der Waals surface area contributed by atoms with E-state index >= 15 is 0 Å². The smallest absolute Gasteiger partial charge is 0.253 e. The van der Waals surface area contributed by atoms with E-state index in [1.54, 1.807) is 0 Å². The predicted molar refractivity (Wildman–Crippen MR) is 81.7 cm³/mol. The van der Waals surface area contributed by atoms with Gasteiger partial charge in [-0.1, -0.05) is 31.9 Å². The molecule has 0 fully saturated rings. The molecule has 1 atom stereocenters. The summed E-state index contributed by atoms with van der Waals surface area (Å²) in [5.41, 5.74) is 1.62. The van der Waals surface area contributed by atoms with E-state index in [9.17, 15) is 4.79 Å². The second kappa shape index (κ2) is 7.82. The van der Waals surface area contributed by atoms with E-state index in [1.807, 2.05) is 24.3 Å². The molecule has 106 valence electrons. The summed E-state index contributed by atoms with van der Waals surface area (Å²) < 4.78 is 0. The molecule has 1 amide bonds. The molecule has 0 aliphatic carbocycles. The van der Waals surface area contributed by atoms with Crippen LogP contribution >= 0.6 is 0 Å². The van der Waals surface area contributed by atoms with Gasteiger partial charge in [0.05, 0.1) is 5.56 Å². The molecule has 1 rings (SSSR count). The van der Waals surface area contributed by atoms with Crippen LogP contribution < -0.4 is 10.6 Å². The number of hydrogen-bond donors (Lipinski definition) is 2. The molecule has 0 spiro atoms. The van der Waals surface area contributed by atoms with Gasteiger partial charge in [-0.3, -0.25) is 4.79 Å². The summed E-state index contributed by atoms with van der Waals surface area (Å²) in [5, 5.41) is 6.38. The van der Waals surface area contributed by atoms with Crippen molar-refractivity contribution in [3.8, 4) is 0 Å². The first-order valence-corrected chi connectivity index (χ1v) is 7.21. The first kappa shape index (κ1) is 15.5. The maximum Gasteiger partial charge on any atom is 0.253 e. The third-order valence-electron chi connectivity index (χ3n) is 2.98. The summed E-state index contributed by atoms with van der Waals surface area (Å²) in [6, 6.07) is 8.20. The largest absolute Gasteiger partial charge is 0.382 e. The molecule has 1 aromatic carbocycles. The molecule has 0 radical (unpaired) electrons. The molecule has 0 aromatic heterocycles. The van der Waals surface area contributed by atoms with E-state index in [0.717, 1.165) is 30.5 Å². The Labute approximate surface area is 116 Å². The minimum absolute atomic E-state index is 0.00681. The van der Waals surface area contributed by atoms with Gasteiger partial charge in [0.25, 0.3) is 5.91 Å². The molecule has 3 nitrogen and oxygen atoms in total. The van der Waals surface area contributed by atoms with E-state index < -0.39 is 0 Å². The zero-order valence-corrected chi connectivity index (χ0v) is 12.5. The Kier molecular flexibility index (Phi) is 6.40. The second-order valence-corrected chi connectivity index (χ2v) is 5.36. The monoisotopic (exact) mass is 262 g/mol. The number of carbonyl (C=O) groups excluding carboxylic acids is 1. The predicted octanol–water partition coefficient (Wildman–Crippen LogP) is 3.82. The van der Waals surface area contributed by atoms with Crippen molar-refractivity contribution in [3.63, 3.8) is 0 Å². The lowest BCUT2D eigenvalue weighted by molar-refractivity contribution is 0.0939. The lowest BCUT2D eigenvalue weighted by Crippen LogP contribution is -2.33. The molecular weight excluding hydrogens is 236 g/mol. The van der Waals surface area contributed by atoms with Crippen molar-refractivity contribution >= 4 is 11.6 Å². The summed E-state index contributed by atoms with van der Waals surface area (Å²) in [5.74, 6) is 0.00681. The van der Waals surface area contributed by atoms with E-state index in [1.165, 1.54) is 0 Å². The van der Waals surface area contributed by atoms with Crippen molar-refractivity contribution in [2.75, 3.05) is 5.32 Å². The number of para-hydroxylation sites is 1. The van der Waals surface area contributed by atoms with Crippen LogP contribution in [0.15, 0.2) is 24.3 Å². The first-order chi connectivity index (χ1) is 9.04. The number of nitrogens with one attached hydrogen (secondary N) is 2. The molecule has 1 aromatic rings. The normalized spacial score (nSPS) is 12.3. The summed E-state index contributed by atoms with van der Waals surface area (Å²) >= 11 is 0. The van der Waals surface area contributed by atoms with Gasteiger partial charge >= 0.3 is 0 Å². The average Bonchev–Trinajstić information content (AvgIpc) is 2.36. The molecule has 19 heavy (non-hydrogen) atoms. The minimum atomic E-state index is 0.00681. The maximum atomic E-state index is 12.3. The fourth-order valence-corrected chi connectivity index (χ4v) is 2.00. The van der Waals surface area contributed by atoms with Gasteiger partial charge in [0, 0.05) is 17.8 Å². The highest BCUT2D eigenvalue weighted by atomic mass is 16.1. The Hall–Kier alpha value is -1.51. The number of carbonyl (C=O) groups is 1. The highest BCUT2D eigenvalue weighted by Gasteiger charge is 2.13. The molecule has 0 aliphatic rings.